The van der Waals surface area contributed by atoms with E-state index in [-0.39, 0.29) is 0 Å². The number of rotatable bonds is 16. The molecule has 0 fully saturated rings. The quantitative estimate of drug-likeness (QED) is 0.167. The van der Waals surface area contributed by atoms with Crippen LogP contribution in [0.2, 0.25) is 0 Å². The second-order valence-corrected chi connectivity index (χ2v) is 11.9. The van der Waals surface area contributed by atoms with E-state index in [0.717, 1.165) is 25.7 Å². The van der Waals surface area contributed by atoms with Crippen molar-refractivity contribution in [3.05, 3.63) is 34.8 Å². The van der Waals surface area contributed by atoms with Crippen molar-refractivity contribution in [2.45, 2.75) is 101 Å². The fourth-order valence-corrected chi connectivity index (χ4v) is 6.66. The van der Waals surface area contributed by atoms with Crippen molar-refractivity contribution in [3.8, 4) is 22.6 Å². The third-order valence-corrected chi connectivity index (χ3v) is 8.85. The number of ether oxygens (including phenoxy) is 2. The van der Waals surface area contributed by atoms with Gasteiger partial charge in [-0.15, -0.1) is 0 Å². The lowest BCUT2D eigenvalue weighted by Gasteiger charge is -2.11. The van der Waals surface area contributed by atoms with E-state index in [1.165, 1.54) is 51.4 Å². The molecule has 0 atom stereocenters. The summed E-state index contributed by atoms with van der Waals surface area (Å²) in [6.07, 6.45) is 14.4. The number of sulfone groups is 1. The van der Waals surface area contributed by atoms with Gasteiger partial charge in [-0.2, -0.15) is 0 Å². The van der Waals surface area contributed by atoms with Crippen LogP contribution in [0.25, 0.3) is 11.1 Å². The highest BCUT2D eigenvalue weighted by atomic mass is 79.9. The van der Waals surface area contributed by atoms with Gasteiger partial charge in [-0.25, -0.2) is 8.42 Å². The first-order valence-corrected chi connectivity index (χ1v) is 15.2. The molecule has 0 aromatic heterocycles. The summed E-state index contributed by atoms with van der Waals surface area (Å²) in [5, 5.41) is 0. The predicted molar refractivity (Wildman–Crippen MR) is 143 cm³/mol. The number of fused-ring (bicyclic) bond motifs is 3. The number of unbranched alkanes of at least 4 members (excludes halogenated alkanes) is 10. The summed E-state index contributed by atoms with van der Waals surface area (Å²) in [6.45, 7) is 5.72. The van der Waals surface area contributed by atoms with Crippen LogP contribution in [0.1, 0.15) is 90.9 Å². The lowest BCUT2D eigenvalue weighted by molar-refractivity contribution is 0.302. The summed E-state index contributed by atoms with van der Waals surface area (Å²) in [5.74, 6) is 1.40. The maximum atomic E-state index is 13.1. The minimum atomic E-state index is -3.54. The Bertz CT molecular complexity index is 1030. The SMILES string of the molecule is CCCCCCCCOc1ccc2c(c1)-c1cc(OCCCCCCCC)c(Br)cc1S2(=O)=O. The van der Waals surface area contributed by atoms with Gasteiger partial charge in [-0.05, 0) is 59.1 Å². The Morgan fingerprint density at radius 2 is 1.24 bits per heavy atom. The highest BCUT2D eigenvalue weighted by Gasteiger charge is 2.34. The summed E-state index contributed by atoms with van der Waals surface area (Å²) in [6, 6.07) is 8.84. The molecular weight excluding hydrogens is 512 g/mol. The molecule has 0 aliphatic carbocycles. The average molecular weight is 552 g/mol. The minimum Gasteiger partial charge on any atom is -0.494 e. The zero-order valence-electron chi connectivity index (χ0n) is 20.7. The van der Waals surface area contributed by atoms with Gasteiger partial charge >= 0.3 is 0 Å². The molecule has 2 aromatic carbocycles. The molecular formula is C28H39BrO4S. The van der Waals surface area contributed by atoms with Gasteiger partial charge in [0, 0.05) is 11.1 Å². The van der Waals surface area contributed by atoms with E-state index in [4.69, 9.17) is 9.47 Å². The van der Waals surface area contributed by atoms with E-state index in [9.17, 15) is 8.42 Å². The molecule has 0 spiro atoms. The molecule has 0 N–H and O–H groups in total. The van der Waals surface area contributed by atoms with E-state index in [1.807, 2.05) is 12.1 Å². The van der Waals surface area contributed by atoms with Crippen LogP contribution >= 0.6 is 15.9 Å². The molecule has 188 valence electrons. The van der Waals surface area contributed by atoms with E-state index in [0.29, 0.717) is 50.1 Å². The van der Waals surface area contributed by atoms with Gasteiger partial charge in [0.1, 0.15) is 11.5 Å². The van der Waals surface area contributed by atoms with E-state index in [1.54, 1.807) is 18.2 Å². The fourth-order valence-electron chi connectivity index (χ4n) is 4.38. The molecule has 1 heterocycles. The van der Waals surface area contributed by atoms with Crippen molar-refractivity contribution < 1.29 is 17.9 Å². The van der Waals surface area contributed by atoms with Gasteiger partial charge in [-0.3, -0.25) is 0 Å². The van der Waals surface area contributed by atoms with Crippen molar-refractivity contribution in [1.29, 1.82) is 0 Å². The van der Waals surface area contributed by atoms with Crippen LogP contribution in [0.4, 0.5) is 0 Å². The summed E-state index contributed by atoms with van der Waals surface area (Å²) < 4.78 is 38.9. The normalized spacial score (nSPS) is 13.5. The first kappa shape index (κ1) is 27.1. The Morgan fingerprint density at radius 1 is 0.676 bits per heavy atom. The number of hydrogen-bond acceptors (Lipinski definition) is 4. The van der Waals surface area contributed by atoms with E-state index in [2.05, 4.69) is 29.8 Å². The Labute approximate surface area is 214 Å². The highest BCUT2D eigenvalue weighted by Crippen LogP contribution is 2.48. The lowest BCUT2D eigenvalue weighted by Crippen LogP contribution is -2.00. The fraction of sp³-hybridized carbons (Fsp3) is 0.571. The Hall–Kier alpha value is -1.53. The molecule has 0 saturated heterocycles. The second-order valence-electron chi connectivity index (χ2n) is 9.17. The Morgan fingerprint density at radius 3 is 1.88 bits per heavy atom. The van der Waals surface area contributed by atoms with Crippen LogP contribution in [-0.2, 0) is 9.84 Å². The summed E-state index contributed by atoms with van der Waals surface area (Å²) in [7, 11) is -3.54. The van der Waals surface area contributed by atoms with Crippen LogP contribution in [0.5, 0.6) is 11.5 Å². The van der Waals surface area contributed by atoms with Crippen molar-refractivity contribution in [2.24, 2.45) is 0 Å². The van der Waals surface area contributed by atoms with Gasteiger partial charge in [0.15, 0.2) is 0 Å². The van der Waals surface area contributed by atoms with Gasteiger partial charge in [0.05, 0.1) is 27.5 Å². The zero-order valence-corrected chi connectivity index (χ0v) is 23.1. The summed E-state index contributed by atoms with van der Waals surface area (Å²) in [5.41, 5.74) is 1.40. The summed E-state index contributed by atoms with van der Waals surface area (Å²) >= 11 is 3.51. The molecule has 0 amide bonds. The molecule has 2 aromatic rings. The second kappa shape index (κ2) is 13.5. The van der Waals surface area contributed by atoms with Crippen LogP contribution in [-0.4, -0.2) is 21.6 Å². The van der Waals surface area contributed by atoms with Crippen molar-refractivity contribution in [1.82, 2.24) is 0 Å². The van der Waals surface area contributed by atoms with Crippen molar-refractivity contribution in [2.75, 3.05) is 13.2 Å². The van der Waals surface area contributed by atoms with Crippen LogP contribution in [0.3, 0.4) is 0 Å². The van der Waals surface area contributed by atoms with Crippen molar-refractivity contribution in [3.63, 3.8) is 0 Å². The molecule has 34 heavy (non-hydrogen) atoms. The predicted octanol–water partition coefficient (Wildman–Crippen LogP) is 8.74. The van der Waals surface area contributed by atoms with Gasteiger partial charge in [-0.1, -0.05) is 78.1 Å². The third kappa shape index (κ3) is 7.00. The maximum absolute atomic E-state index is 13.1. The third-order valence-electron chi connectivity index (χ3n) is 6.38. The first-order chi connectivity index (χ1) is 16.5. The first-order valence-electron chi connectivity index (χ1n) is 13.0. The number of benzene rings is 2. The van der Waals surface area contributed by atoms with E-state index >= 15 is 0 Å². The molecule has 0 saturated carbocycles. The molecule has 0 unspecified atom stereocenters. The summed E-state index contributed by atoms with van der Waals surface area (Å²) in [4.78, 5) is 0.670. The number of halogens is 1. The highest BCUT2D eigenvalue weighted by molar-refractivity contribution is 9.10. The molecule has 0 bridgehead atoms. The standard InChI is InChI=1S/C28H39BrO4S/c1-3-5-7-9-11-13-17-32-22-15-16-27-23(19-22)24-20-26(25(29)21-28(24)34(27,30)31)33-18-14-12-10-8-6-4-2/h15-16,19-21H,3-14,17-18H2,1-2H3. The Balaban J connectivity index is 1.65. The van der Waals surface area contributed by atoms with Gasteiger partial charge in [0.2, 0.25) is 9.84 Å². The molecule has 1 aliphatic heterocycles. The van der Waals surface area contributed by atoms with Crippen LogP contribution in [0.15, 0.2) is 44.6 Å². The van der Waals surface area contributed by atoms with Crippen LogP contribution in [0, 0.1) is 0 Å². The topological polar surface area (TPSA) is 52.6 Å². The largest absolute Gasteiger partial charge is 0.494 e. The molecule has 3 rings (SSSR count). The van der Waals surface area contributed by atoms with E-state index < -0.39 is 9.84 Å². The average Bonchev–Trinajstić information content (AvgIpc) is 3.03. The zero-order chi connectivity index (χ0) is 24.4. The van der Waals surface area contributed by atoms with Gasteiger partial charge < -0.3 is 9.47 Å². The minimum absolute atomic E-state index is 0.328. The molecule has 6 heteroatoms. The smallest absolute Gasteiger partial charge is 0.207 e. The molecule has 0 radical (unpaired) electrons. The maximum Gasteiger partial charge on any atom is 0.207 e. The lowest BCUT2D eigenvalue weighted by atomic mass is 10.1. The van der Waals surface area contributed by atoms with Crippen LogP contribution < -0.4 is 9.47 Å². The Kier molecular flexibility index (Phi) is 10.8. The van der Waals surface area contributed by atoms with Crippen molar-refractivity contribution >= 4 is 25.8 Å². The molecule has 4 nitrogen and oxygen atoms in total. The molecule has 1 aliphatic rings. The monoisotopic (exact) mass is 550 g/mol. The number of hydrogen-bond donors (Lipinski definition) is 0. The van der Waals surface area contributed by atoms with Gasteiger partial charge in [0.25, 0.3) is 0 Å².